The van der Waals surface area contributed by atoms with Crippen LogP contribution in [0.3, 0.4) is 0 Å². The van der Waals surface area contributed by atoms with Crippen LogP contribution in [0.5, 0.6) is 0 Å². The number of aromatic nitrogens is 1. The number of anilines is 1. The van der Waals surface area contributed by atoms with Gasteiger partial charge in [0, 0.05) is 45.0 Å². The molecule has 0 spiro atoms. The molecule has 2 amide bonds. The predicted octanol–water partition coefficient (Wildman–Crippen LogP) is 3.81. The minimum atomic E-state index is -0.518. The van der Waals surface area contributed by atoms with Crippen LogP contribution in [-0.4, -0.2) is 71.2 Å². The van der Waals surface area contributed by atoms with E-state index in [2.05, 4.69) is 9.88 Å². The standard InChI is InChI=1S/C21H31ClN4O3/c1-15-14-25(10-11-26(15)20(28)29-21(2,3)4)18-17(22)12-16(13-23-18)19(27)24-8-6-5-7-9-24/h12-13,15H,5-11,14H2,1-4H3/t15-/m1/s1. The third-order valence-electron chi connectivity index (χ3n) is 5.27. The molecular weight excluding hydrogens is 392 g/mol. The summed E-state index contributed by atoms with van der Waals surface area (Å²) >= 11 is 6.50. The van der Waals surface area contributed by atoms with Crippen molar-refractivity contribution < 1.29 is 14.3 Å². The molecule has 3 heterocycles. The molecule has 0 bridgehead atoms. The van der Waals surface area contributed by atoms with Crippen LogP contribution < -0.4 is 4.90 Å². The van der Waals surface area contributed by atoms with E-state index in [9.17, 15) is 9.59 Å². The van der Waals surface area contributed by atoms with Gasteiger partial charge in [0.2, 0.25) is 0 Å². The Morgan fingerprint density at radius 2 is 1.83 bits per heavy atom. The van der Waals surface area contributed by atoms with Gasteiger partial charge in [-0.15, -0.1) is 0 Å². The molecule has 29 heavy (non-hydrogen) atoms. The van der Waals surface area contributed by atoms with Gasteiger partial charge in [0.1, 0.15) is 11.4 Å². The van der Waals surface area contributed by atoms with Gasteiger partial charge in [0.15, 0.2) is 0 Å². The van der Waals surface area contributed by atoms with Crippen molar-refractivity contribution in [1.82, 2.24) is 14.8 Å². The lowest BCUT2D eigenvalue weighted by Crippen LogP contribution is -2.55. The first-order valence-corrected chi connectivity index (χ1v) is 10.7. The Labute approximate surface area is 177 Å². The molecule has 0 aromatic carbocycles. The molecule has 160 valence electrons. The lowest BCUT2D eigenvalue weighted by molar-refractivity contribution is 0.0158. The third-order valence-corrected chi connectivity index (χ3v) is 5.55. The second-order valence-corrected chi connectivity index (χ2v) is 9.26. The minimum Gasteiger partial charge on any atom is -0.444 e. The first kappa shape index (κ1) is 21.7. The molecule has 0 aliphatic carbocycles. The third kappa shape index (κ3) is 5.32. The maximum absolute atomic E-state index is 12.7. The average Bonchev–Trinajstić information content (AvgIpc) is 2.66. The van der Waals surface area contributed by atoms with Crippen molar-refractivity contribution in [2.45, 2.75) is 58.6 Å². The van der Waals surface area contributed by atoms with Crippen molar-refractivity contribution in [2.24, 2.45) is 0 Å². The summed E-state index contributed by atoms with van der Waals surface area (Å²) in [6.07, 6.45) is 4.58. The number of rotatable bonds is 2. The molecule has 1 atom stereocenters. The van der Waals surface area contributed by atoms with Crippen molar-refractivity contribution in [2.75, 3.05) is 37.6 Å². The summed E-state index contributed by atoms with van der Waals surface area (Å²) in [6.45, 7) is 10.9. The van der Waals surface area contributed by atoms with E-state index >= 15 is 0 Å². The molecule has 1 aromatic heterocycles. The minimum absolute atomic E-state index is 0.00577. The van der Waals surface area contributed by atoms with Gasteiger partial charge < -0.3 is 19.4 Å². The fraction of sp³-hybridized carbons (Fsp3) is 0.667. The van der Waals surface area contributed by atoms with Crippen LogP contribution in [-0.2, 0) is 4.74 Å². The van der Waals surface area contributed by atoms with Gasteiger partial charge in [-0.1, -0.05) is 11.6 Å². The first-order valence-electron chi connectivity index (χ1n) is 10.3. The van der Waals surface area contributed by atoms with Crippen LogP contribution in [0.15, 0.2) is 12.3 Å². The zero-order valence-electron chi connectivity index (χ0n) is 17.8. The lowest BCUT2D eigenvalue weighted by atomic mass is 10.1. The van der Waals surface area contributed by atoms with Crippen LogP contribution >= 0.6 is 11.6 Å². The molecule has 0 N–H and O–H groups in total. The smallest absolute Gasteiger partial charge is 0.410 e. The number of halogens is 1. The van der Waals surface area contributed by atoms with Gasteiger partial charge in [0.25, 0.3) is 5.91 Å². The Bertz CT molecular complexity index is 759. The van der Waals surface area contributed by atoms with Crippen LogP contribution in [0.4, 0.5) is 10.6 Å². The Balaban J connectivity index is 1.66. The maximum Gasteiger partial charge on any atom is 0.410 e. The molecular formula is C21H31ClN4O3. The molecule has 0 unspecified atom stereocenters. The summed E-state index contributed by atoms with van der Waals surface area (Å²) < 4.78 is 5.50. The fourth-order valence-corrected chi connectivity index (χ4v) is 4.09. The van der Waals surface area contributed by atoms with E-state index in [4.69, 9.17) is 16.3 Å². The van der Waals surface area contributed by atoms with Crippen molar-refractivity contribution in [3.8, 4) is 0 Å². The number of amides is 2. The predicted molar refractivity (Wildman–Crippen MR) is 114 cm³/mol. The highest BCUT2D eigenvalue weighted by molar-refractivity contribution is 6.33. The Hall–Kier alpha value is -2.02. The largest absolute Gasteiger partial charge is 0.444 e. The van der Waals surface area contributed by atoms with Crippen LogP contribution in [0.1, 0.15) is 57.3 Å². The van der Waals surface area contributed by atoms with Gasteiger partial charge in [-0.25, -0.2) is 9.78 Å². The fourth-order valence-electron chi connectivity index (χ4n) is 3.80. The summed E-state index contributed by atoms with van der Waals surface area (Å²) in [5, 5.41) is 0.464. The highest BCUT2D eigenvalue weighted by Crippen LogP contribution is 2.27. The van der Waals surface area contributed by atoms with E-state index in [0.717, 1.165) is 25.9 Å². The van der Waals surface area contributed by atoms with Gasteiger partial charge in [0.05, 0.1) is 10.6 Å². The number of hydrogen-bond donors (Lipinski definition) is 0. The first-order chi connectivity index (χ1) is 13.7. The topological polar surface area (TPSA) is 66.0 Å². The zero-order valence-corrected chi connectivity index (χ0v) is 18.5. The molecule has 2 aliphatic rings. The van der Waals surface area contributed by atoms with E-state index in [1.165, 1.54) is 6.42 Å². The molecule has 7 nitrogen and oxygen atoms in total. The maximum atomic E-state index is 12.7. The lowest BCUT2D eigenvalue weighted by Gasteiger charge is -2.40. The second kappa shape index (κ2) is 8.78. The number of pyridine rings is 1. The Kier molecular flexibility index (Phi) is 6.56. The summed E-state index contributed by atoms with van der Waals surface area (Å²) in [4.78, 5) is 35.2. The van der Waals surface area contributed by atoms with E-state index in [0.29, 0.717) is 36.0 Å². The number of carbonyl (C=O) groups is 2. The average molecular weight is 423 g/mol. The summed E-state index contributed by atoms with van der Waals surface area (Å²) in [7, 11) is 0. The Morgan fingerprint density at radius 3 is 2.41 bits per heavy atom. The van der Waals surface area contributed by atoms with Gasteiger partial charge in [-0.2, -0.15) is 0 Å². The van der Waals surface area contributed by atoms with Crippen LogP contribution in [0.2, 0.25) is 5.02 Å². The number of hydrogen-bond acceptors (Lipinski definition) is 5. The van der Waals surface area contributed by atoms with Crippen molar-refractivity contribution in [1.29, 1.82) is 0 Å². The van der Waals surface area contributed by atoms with Gasteiger partial charge in [-0.3, -0.25) is 4.79 Å². The number of piperidine rings is 1. The van der Waals surface area contributed by atoms with Gasteiger partial charge >= 0.3 is 6.09 Å². The highest BCUT2D eigenvalue weighted by atomic mass is 35.5. The normalized spacial score (nSPS) is 20.6. The van der Waals surface area contributed by atoms with Crippen LogP contribution in [0.25, 0.3) is 0 Å². The van der Waals surface area contributed by atoms with E-state index in [1.54, 1.807) is 17.2 Å². The monoisotopic (exact) mass is 422 g/mol. The summed E-state index contributed by atoms with van der Waals surface area (Å²) in [5.74, 6) is 0.645. The van der Waals surface area contributed by atoms with Crippen LogP contribution in [0, 0.1) is 0 Å². The Morgan fingerprint density at radius 1 is 1.14 bits per heavy atom. The number of piperazine rings is 1. The second-order valence-electron chi connectivity index (χ2n) is 8.85. The van der Waals surface area contributed by atoms with Crippen molar-refractivity contribution in [3.63, 3.8) is 0 Å². The number of likely N-dealkylation sites (tertiary alicyclic amines) is 1. The molecule has 2 fully saturated rings. The molecule has 0 radical (unpaired) electrons. The molecule has 1 aromatic rings. The van der Waals surface area contributed by atoms with E-state index in [1.807, 2.05) is 32.6 Å². The quantitative estimate of drug-likeness (QED) is 0.725. The molecule has 2 aliphatic heterocycles. The van der Waals surface area contributed by atoms with Gasteiger partial charge in [-0.05, 0) is 53.0 Å². The zero-order chi connectivity index (χ0) is 21.2. The molecule has 2 saturated heterocycles. The highest BCUT2D eigenvalue weighted by Gasteiger charge is 2.32. The molecule has 3 rings (SSSR count). The summed E-state index contributed by atoms with van der Waals surface area (Å²) in [6, 6.07) is 1.68. The molecule has 0 saturated carbocycles. The summed E-state index contributed by atoms with van der Waals surface area (Å²) in [5.41, 5.74) is 0.0105. The van der Waals surface area contributed by atoms with Crippen molar-refractivity contribution >= 4 is 29.4 Å². The number of nitrogens with zero attached hydrogens (tertiary/aromatic N) is 4. The molecule has 8 heteroatoms. The SMILES string of the molecule is C[C@@H]1CN(c2ncc(C(=O)N3CCCCC3)cc2Cl)CCN1C(=O)OC(C)(C)C. The van der Waals surface area contributed by atoms with E-state index < -0.39 is 5.60 Å². The number of carbonyl (C=O) groups excluding carboxylic acids is 2. The van der Waals surface area contributed by atoms with Crippen molar-refractivity contribution in [3.05, 3.63) is 22.8 Å². The van der Waals surface area contributed by atoms with E-state index in [-0.39, 0.29) is 18.0 Å². The number of ether oxygens (including phenoxy) is 1.